The maximum absolute atomic E-state index is 5.52. The van der Waals surface area contributed by atoms with Crippen LogP contribution in [0.3, 0.4) is 0 Å². The minimum atomic E-state index is 0.642. The van der Waals surface area contributed by atoms with E-state index in [1.165, 1.54) is 11.1 Å². The Morgan fingerprint density at radius 1 is 0.938 bits per heavy atom. The Morgan fingerprint density at radius 2 is 1.62 bits per heavy atom. The van der Waals surface area contributed by atoms with Crippen LogP contribution in [0.4, 0.5) is 11.6 Å². The number of hydrogen-bond acceptors (Lipinski definition) is 7. The van der Waals surface area contributed by atoms with Crippen LogP contribution in [0.1, 0.15) is 11.1 Å². The molecule has 0 spiro atoms. The first-order valence-electron chi connectivity index (χ1n) is 10.9. The Bertz CT molecular complexity index is 1140. The molecule has 3 aromatic rings. The van der Waals surface area contributed by atoms with Gasteiger partial charge in [-0.3, -0.25) is 0 Å². The molecule has 32 heavy (non-hydrogen) atoms. The summed E-state index contributed by atoms with van der Waals surface area (Å²) in [5.41, 5.74) is 4.23. The molecule has 0 atom stereocenters. The van der Waals surface area contributed by atoms with E-state index in [1.807, 2.05) is 30.6 Å². The number of anilines is 1. The van der Waals surface area contributed by atoms with Gasteiger partial charge in [-0.15, -0.1) is 0 Å². The van der Waals surface area contributed by atoms with E-state index in [4.69, 9.17) is 29.2 Å². The summed E-state index contributed by atoms with van der Waals surface area (Å²) in [5, 5.41) is 0. The molecule has 2 aliphatic rings. The lowest BCUT2D eigenvalue weighted by Crippen LogP contribution is -2.37. The molecule has 2 aliphatic heterocycles. The van der Waals surface area contributed by atoms with E-state index in [-0.39, 0.29) is 0 Å². The molecular formula is C24H27N5O3. The molecular weight excluding hydrogens is 406 g/mol. The highest BCUT2D eigenvalue weighted by Crippen LogP contribution is 2.33. The summed E-state index contributed by atoms with van der Waals surface area (Å²) in [6.45, 7) is 4.58. The third kappa shape index (κ3) is 4.05. The molecule has 0 saturated carbocycles. The summed E-state index contributed by atoms with van der Waals surface area (Å²) in [5.74, 6) is 2.98. The van der Waals surface area contributed by atoms with Crippen molar-refractivity contribution in [1.29, 1.82) is 0 Å². The van der Waals surface area contributed by atoms with Crippen LogP contribution >= 0.6 is 0 Å². The van der Waals surface area contributed by atoms with Crippen LogP contribution in [0, 0.1) is 0 Å². The average molecular weight is 434 g/mol. The van der Waals surface area contributed by atoms with Crippen molar-refractivity contribution in [2.45, 2.75) is 13.0 Å². The SMILES string of the molecule is COc1cc2c(cc1OC)CN(C=Nc1nc3ccccc3nc1N1CCOCC1)CC2. The molecule has 0 N–H and O–H groups in total. The van der Waals surface area contributed by atoms with Crippen molar-refractivity contribution in [3.05, 3.63) is 47.5 Å². The summed E-state index contributed by atoms with van der Waals surface area (Å²) >= 11 is 0. The highest BCUT2D eigenvalue weighted by Gasteiger charge is 2.20. The van der Waals surface area contributed by atoms with Gasteiger partial charge < -0.3 is 24.0 Å². The number of benzene rings is 2. The van der Waals surface area contributed by atoms with Crippen molar-refractivity contribution in [3.8, 4) is 11.5 Å². The van der Waals surface area contributed by atoms with Crippen LogP contribution in [0.2, 0.25) is 0 Å². The zero-order chi connectivity index (χ0) is 21.9. The number of morpholine rings is 1. The van der Waals surface area contributed by atoms with Crippen LogP contribution < -0.4 is 14.4 Å². The van der Waals surface area contributed by atoms with E-state index in [0.717, 1.165) is 61.0 Å². The molecule has 2 aromatic carbocycles. The molecule has 8 nitrogen and oxygen atoms in total. The predicted octanol–water partition coefficient (Wildman–Crippen LogP) is 3.20. The minimum Gasteiger partial charge on any atom is -0.493 e. The Hall–Kier alpha value is -3.39. The van der Waals surface area contributed by atoms with Gasteiger partial charge in [0, 0.05) is 26.2 Å². The molecule has 0 unspecified atom stereocenters. The van der Waals surface area contributed by atoms with Gasteiger partial charge in [0.25, 0.3) is 0 Å². The minimum absolute atomic E-state index is 0.642. The molecule has 0 radical (unpaired) electrons. The van der Waals surface area contributed by atoms with Crippen LogP contribution in [-0.4, -0.2) is 68.3 Å². The normalized spacial score (nSPS) is 16.4. The summed E-state index contributed by atoms with van der Waals surface area (Å²) in [7, 11) is 3.33. The largest absolute Gasteiger partial charge is 0.493 e. The first kappa shape index (κ1) is 20.5. The Balaban J connectivity index is 1.43. The highest BCUT2D eigenvalue weighted by atomic mass is 16.5. The van der Waals surface area contributed by atoms with Gasteiger partial charge >= 0.3 is 0 Å². The number of ether oxygens (including phenoxy) is 3. The second-order valence-corrected chi connectivity index (χ2v) is 7.90. The molecule has 8 heteroatoms. The van der Waals surface area contributed by atoms with Crippen molar-refractivity contribution in [2.75, 3.05) is 52.0 Å². The first-order valence-corrected chi connectivity index (χ1v) is 10.9. The van der Waals surface area contributed by atoms with Crippen molar-refractivity contribution < 1.29 is 14.2 Å². The van der Waals surface area contributed by atoms with Crippen molar-refractivity contribution >= 4 is 29.0 Å². The van der Waals surface area contributed by atoms with Crippen molar-refractivity contribution in [1.82, 2.24) is 14.9 Å². The van der Waals surface area contributed by atoms with Gasteiger partial charge in [-0.05, 0) is 41.8 Å². The topological polar surface area (TPSA) is 72.3 Å². The van der Waals surface area contributed by atoms with Gasteiger partial charge in [0.15, 0.2) is 23.1 Å². The smallest absolute Gasteiger partial charge is 0.197 e. The lowest BCUT2D eigenvalue weighted by atomic mass is 9.99. The van der Waals surface area contributed by atoms with Crippen LogP contribution in [0.5, 0.6) is 11.5 Å². The number of methoxy groups -OCH3 is 2. The van der Waals surface area contributed by atoms with E-state index >= 15 is 0 Å². The lowest BCUT2D eigenvalue weighted by Gasteiger charge is -2.29. The fraction of sp³-hybridized carbons (Fsp3) is 0.375. The van der Waals surface area contributed by atoms with Crippen molar-refractivity contribution in [3.63, 3.8) is 0 Å². The zero-order valence-corrected chi connectivity index (χ0v) is 18.5. The maximum atomic E-state index is 5.52. The van der Waals surface area contributed by atoms with E-state index in [9.17, 15) is 0 Å². The van der Waals surface area contributed by atoms with Crippen LogP contribution in [-0.2, 0) is 17.7 Å². The van der Waals surface area contributed by atoms with Gasteiger partial charge in [0.1, 0.15) is 0 Å². The molecule has 1 aromatic heterocycles. The molecule has 0 bridgehead atoms. The van der Waals surface area contributed by atoms with Gasteiger partial charge in [0.05, 0.1) is 44.8 Å². The number of hydrogen-bond donors (Lipinski definition) is 0. The predicted molar refractivity (Wildman–Crippen MR) is 124 cm³/mol. The number of aliphatic imine (C=N–C) groups is 1. The Kier molecular flexibility index (Phi) is 5.77. The third-order valence-corrected chi connectivity index (χ3v) is 5.94. The summed E-state index contributed by atoms with van der Waals surface area (Å²) < 4.78 is 16.4. The zero-order valence-electron chi connectivity index (χ0n) is 18.5. The molecule has 1 fully saturated rings. The average Bonchev–Trinajstić information content (AvgIpc) is 2.86. The molecule has 1 saturated heterocycles. The number of nitrogens with zero attached hydrogens (tertiary/aromatic N) is 5. The number of rotatable bonds is 5. The van der Waals surface area contributed by atoms with E-state index in [1.54, 1.807) is 14.2 Å². The Labute approximate surface area is 187 Å². The van der Waals surface area contributed by atoms with Gasteiger partial charge in [0.2, 0.25) is 0 Å². The molecule has 0 amide bonds. The molecule has 166 valence electrons. The number of fused-ring (bicyclic) bond motifs is 2. The quantitative estimate of drug-likeness (QED) is 0.452. The second kappa shape index (κ2) is 9.00. The monoisotopic (exact) mass is 433 g/mol. The summed E-state index contributed by atoms with van der Waals surface area (Å²) in [6, 6.07) is 12.1. The Morgan fingerprint density at radius 3 is 2.34 bits per heavy atom. The lowest BCUT2D eigenvalue weighted by molar-refractivity contribution is 0.122. The molecule has 5 rings (SSSR count). The molecule has 0 aliphatic carbocycles. The summed E-state index contributed by atoms with van der Waals surface area (Å²) in [6.07, 6.45) is 2.81. The van der Waals surface area contributed by atoms with E-state index < -0.39 is 0 Å². The highest BCUT2D eigenvalue weighted by molar-refractivity contribution is 5.81. The summed E-state index contributed by atoms with van der Waals surface area (Å²) in [4.78, 5) is 18.9. The first-order chi connectivity index (χ1) is 15.7. The van der Waals surface area contributed by atoms with Crippen LogP contribution in [0.25, 0.3) is 11.0 Å². The fourth-order valence-corrected chi connectivity index (χ4v) is 4.20. The van der Waals surface area contributed by atoms with Crippen LogP contribution in [0.15, 0.2) is 41.4 Å². The third-order valence-electron chi connectivity index (χ3n) is 5.94. The van der Waals surface area contributed by atoms with Gasteiger partial charge in [-0.1, -0.05) is 12.1 Å². The van der Waals surface area contributed by atoms with Crippen molar-refractivity contribution in [2.24, 2.45) is 4.99 Å². The standard InChI is InChI=1S/C24H27N5O3/c1-30-21-13-17-7-8-28(15-18(17)14-22(21)31-2)16-25-23-24(29-9-11-32-12-10-29)27-20-6-4-3-5-19(20)26-23/h3-6,13-14,16H,7-12,15H2,1-2H3. The maximum Gasteiger partial charge on any atom is 0.197 e. The van der Waals surface area contributed by atoms with Gasteiger partial charge in [-0.25, -0.2) is 15.0 Å². The fourth-order valence-electron chi connectivity index (χ4n) is 4.20. The number of para-hydroxylation sites is 2. The van der Waals surface area contributed by atoms with E-state index in [0.29, 0.717) is 19.0 Å². The van der Waals surface area contributed by atoms with Gasteiger partial charge in [-0.2, -0.15) is 0 Å². The second-order valence-electron chi connectivity index (χ2n) is 7.90. The number of aromatic nitrogens is 2. The van der Waals surface area contributed by atoms with E-state index in [2.05, 4.69) is 21.9 Å². The molecule has 3 heterocycles.